The number of hydrogen-bond donors (Lipinski definition) is 4. The molecule has 4 amide bonds. The number of ether oxygens (including phenoxy) is 1. The molecule has 0 unspecified atom stereocenters. The Hall–Kier alpha value is -3.88. The Morgan fingerprint density at radius 1 is 0.903 bits per heavy atom. The fraction of sp³-hybridized carbons (Fsp3) is 0.273. The summed E-state index contributed by atoms with van der Waals surface area (Å²) < 4.78 is 5.18. The molecule has 0 saturated carbocycles. The van der Waals surface area contributed by atoms with E-state index < -0.39 is 29.4 Å². The van der Waals surface area contributed by atoms with Crippen molar-refractivity contribution in [3.8, 4) is 0 Å². The molecule has 0 radical (unpaired) electrons. The minimum atomic E-state index is -0.622. The van der Waals surface area contributed by atoms with Crippen LogP contribution in [0.1, 0.15) is 47.9 Å². The Morgan fingerprint density at radius 2 is 1.55 bits per heavy atom. The van der Waals surface area contributed by atoms with Crippen LogP contribution in [0.25, 0.3) is 0 Å². The van der Waals surface area contributed by atoms with Crippen LogP contribution in [-0.2, 0) is 9.53 Å². The van der Waals surface area contributed by atoms with Gasteiger partial charge in [-0.2, -0.15) is 0 Å². The summed E-state index contributed by atoms with van der Waals surface area (Å²) in [6, 6.07) is 12.7. The van der Waals surface area contributed by atoms with Crippen LogP contribution < -0.4 is 21.7 Å². The highest BCUT2D eigenvalue weighted by Gasteiger charge is 2.17. The summed E-state index contributed by atoms with van der Waals surface area (Å²) in [6.07, 6.45) is -0.579. The summed E-state index contributed by atoms with van der Waals surface area (Å²) in [5.74, 6) is -1.39. The summed E-state index contributed by atoms with van der Waals surface area (Å²) >= 11 is 0. The van der Waals surface area contributed by atoms with Gasteiger partial charge in [0.25, 0.3) is 11.8 Å². The van der Waals surface area contributed by atoms with Gasteiger partial charge in [0.1, 0.15) is 5.60 Å². The maximum Gasteiger partial charge on any atom is 0.412 e. The fourth-order valence-electron chi connectivity index (χ4n) is 2.51. The van der Waals surface area contributed by atoms with E-state index in [1.54, 1.807) is 57.2 Å². The van der Waals surface area contributed by atoms with E-state index in [0.29, 0.717) is 16.9 Å². The lowest BCUT2D eigenvalue weighted by molar-refractivity contribution is -0.117. The number of primary amides is 1. The van der Waals surface area contributed by atoms with Crippen LogP contribution in [0.5, 0.6) is 0 Å². The molecule has 5 N–H and O–H groups in total. The molecule has 0 spiro atoms. The number of carbonyl (C=O) groups is 4. The third-order valence-electron chi connectivity index (χ3n) is 3.87. The van der Waals surface area contributed by atoms with Crippen molar-refractivity contribution in [2.24, 2.45) is 5.73 Å². The maximum absolute atomic E-state index is 12.6. The van der Waals surface area contributed by atoms with E-state index in [2.05, 4.69) is 16.0 Å². The lowest BCUT2D eigenvalue weighted by Gasteiger charge is -2.19. The van der Waals surface area contributed by atoms with Gasteiger partial charge in [-0.1, -0.05) is 12.1 Å². The molecule has 0 atom stereocenters. The Labute approximate surface area is 180 Å². The summed E-state index contributed by atoms with van der Waals surface area (Å²) in [6.45, 7) is 5.38. The molecule has 0 bridgehead atoms. The van der Waals surface area contributed by atoms with Crippen molar-refractivity contribution in [3.63, 3.8) is 0 Å². The minimum Gasteiger partial charge on any atom is -0.444 e. The van der Waals surface area contributed by atoms with Crippen LogP contribution in [0, 0.1) is 0 Å². The van der Waals surface area contributed by atoms with E-state index >= 15 is 0 Å². The monoisotopic (exact) mass is 426 g/mol. The third kappa shape index (κ3) is 7.81. The van der Waals surface area contributed by atoms with Gasteiger partial charge in [-0.25, -0.2) is 4.79 Å². The zero-order valence-electron chi connectivity index (χ0n) is 17.7. The van der Waals surface area contributed by atoms with Gasteiger partial charge in [-0.3, -0.25) is 19.7 Å². The molecule has 0 heterocycles. The Morgan fingerprint density at radius 3 is 2.16 bits per heavy atom. The van der Waals surface area contributed by atoms with E-state index in [1.165, 1.54) is 12.1 Å². The highest BCUT2D eigenvalue weighted by Crippen LogP contribution is 2.18. The number of nitrogens with two attached hydrogens (primary N) is 1. The van der Waals surface area contributed by atoms with Gasteiger partial charge >= 0.3 is 6.09 Å². The van der Waals surface area contributed by atoms with Crippen molar-refractivity contribution in [3.05, 3.63) is 59.7 Å². The van der Waals surface area contributed by atoms with Gasteiger partial charge in [0.2, 0.25) is 5.91 Å². The average Bonchev–Trinajstić information content (AvgIpc) is 2.67. The van der Waals surface area contributed by atoms with Gasteiger partial charge < -0.3 is 21.1 Å². The molecule has 0 aliphatic carbocycles. The highest BCUT2D eigenvalue weighted by molar-refractivity contribution is 6.09. The van der Waals surface area contributed by atoms with Gasteiger partial charge in [-0.15, -0.1) is 0 Å². The molecule has 9 nitrogen and oxygen atoms in total. The molecule has 0 aromatic heterocycles. The first-order valence-electron chi connectivity index (χ1n) is 9.62. The standard InChI is InChI=1S/C22H26N4O5/c1-22(2,3)31-21(30)25-15-10-8-14(9-11-15)19(28)26-17-7-5-4-6-16(17)20(29)24-13-12-18(23)27/h4-11H,12-13H2,1-3H3,(H2,23,27)(H,24,29)(H,25,30)(H,26,28). The number of nitrogens with one attached hydrogen (secondary N) is 3. The second kappa shape index (κ2) is 10.2. The quantitative estimate of drug-likeness (QED) is 0.539. The highest BCUT2D eigenvalue weighted by atomic mass is 16.6. The third-order valence-corrected chi connectivity index (χ3v) is 3.87. The largest absolute Gasteiger partial charge is 0.444 e. The summed E-state index contributed by atoms with van der Waals surface area (Å²) in [7, 11) is 0. The Bertz CT molecular complexity index is 965. The lowest BCUT2D eigenvalue weighted by atomic mass is 10.1. The molecule has 9 heteroatoms. The van der Waals surface area contributed by atoms with Crippen molar-refractivity contribution in [2.45, 2.75) is 32.8 Å². The molecule has 0 aliphatic rings. The number of hydrogen-bond acceptors (Lipinski definition) is 5. The number of benzene rings is 2. The maximum atomic E-state index is 12.6. The Balaban J connectivity index is 2.03. The second-order valence-corrected chi connectivity index (χ2v) is 7.68. The smallest absolute Gasteiger partial charge is 0.412 e. The van der Waals surface area contributed by atoms with E-state index in [4.69, 9.17) is 10.5 Å². The number of para-hydroxylation sites is 1. The van der Waals surface area contributed by atoms with Crippen LogP contribution in [0.3, 0.4) is 0 Å². The van der Waals surface area contributed by atoms with E-state index in [0.717, 1.165) is 0 Å². The van der Waals surface area contributed by atoms with Crippen LogP contribution in [0.15, 0.2) is 48.5 Å². The number of amides is 4. The van der Waals surface area contributed by atoms with Gasteiger partial charge in [0, 0.05) is 24.2 Å². The predicted molar refractivity (Wildman–Crippen MR) is 117 cm³/mol. The molecular weight excluding hydrogens is 400 g/mol. The van der Waals surface area contributed by atoms with Crippen molar-refractivity contribution >= 4 is 35.2 Å². The second-order valence-electron chi connectivity index (χ2n) is 7.68. The number of anilines is 2. The predicted octanol–water partition coefficient (Wildman–Crippen LogP) is 2.89. The summed E-state index contributed by atoms with van der Waals surface area (Å²) in [5, 5.41) is 7.86. The van der Waals surface area contributed by atoms with Gasteiger partial charge in [0.15, 0.2) is 0 Å². The normalized spacial score (nSPS) is 10.7. The topological polar surface area (TPSA) is 140 Å². The van der Waals surface area contributed by atoms with Gasteiger partial charge in [-0.05, 0) is 57.2 Å². The first-order chi connectivity index (χ1) is 14.5. The summed E-state index contributed by atoms with van der Waals surface area (Å²) in [5.41, 5.74) is 5.82. The molecule has 2 aromatic rings. The van der Waals surface area contributed by atoms with E-state index in [9.17, 15) is 19.2 Å². The molecule has 0 saturated heterocycles. The lowest BCUT2D eigenvalue weighted by Crippen LogP contribution is -2.28. The first kappa shape index (κ1) is 23.4. The van der Waals surface area contributed by atoms with Crippen molar-refractivity contribution < 1.29 is 23.9 Å². The van der Waals surface area contributed by atoms with E-state index in [1.807, 2.05) is 0 Å². The fourth-order valence-corrected chi connectivity index (χ4v) is 2.51. The zero-order chi connectivity index (χ0) is 23.0. The molecule has 2 rings (SSSR count). The summed E-state index contributed by atoms with van der Waals surface area (Å²) in [4.78, 5) is 47.6. The SMILES string of the molecule is CC(C)(C)OC(=O)Nc1ccc(C(=O)Nc2ccccc2C(=O)NCCC(N)=O)cc1. The van der Waals surface area contributed by atoms with Crippen LogP contribution in [0.4, 0.5) is 16.2 Å². The van der Waals surface area contributed by atoms with Gasteiger partial charge in [0.05, 0.1) is 11.3 Å². The van der Waals surface area contributed by atoms with Crippen LogP contribution >= 0.6 is 0 Å². The molecule has 2 aromatic carbocycles. The average molecular weight is 426 g/mol. The first-order valence-corrected chi connectivity index (χ1v) is 9.62. The number of rotatable bonds is 7. The molecule has 164 valence electrons. The van der Waals surface area contributed by atoms with Crippen molar-refractivity contribution in [2.75, 3.05) is 17.2 Å². The van der Waals surface area contributed by atoms with Crippen molar-refractivity contribution in [1.82, 2.24) is 5.32 Å². The zero-order valence-corrected chi connectivity index (χ0v) is 17.7. The van der Waals surface area contributed by atoms with Crippen LogP contribution in [-0.4, -0.2) is 36.0 Å². The molecule has 0 fully saturated rings. The molecular formula is C22H26N4O5. The Kier molecular flexibility index (Phi) is 7.73. The van der Waals surface area contributed by atoms with Crippen molar-refractivity contribution in [1.29, 1.82) is 0 Å². The minimum absolute atomic E-state index is 0.0178. The molecule has 31 heavy (non-hydrogen) atoms. The van der Waals surface area contributed by atoms with E-state index in [-0.39, 0.29) is 18.5 Å². The number of carbonyl (C=O) groups excluding carboxylic acids is 4. The molecule has 0 aliphatic heterocycles. The van der Waals surface area contributed by atoms with Crippen LogP contribution in [0.2, 0.25) is 0 Å².